The minimum atomic E-state index is -5.08. The van der Waals surface area contributed by atoms with Gasteiger partial charge < -0.3 is 10.4 Å². The molecular weight excluding hydrogens is 211 g/mol. The second-order valence-electron chi connectivity index (χ2n) is 2.42. The van der Waals surface area contributed by atoms with Gasteiger partial charge in [-0.3, -0.25) is 0 Å². The smallest absolute Gasteiger partial charge is 0.475 e. The van der Waals surface area contributed by atoms with Gasteiger partial charge in [-0.15, -0.1) is 0 Å². The van der Waals surface area contributed by atoms with Gasteiger partial charge in [0.05, 0.1) is 0 Å². The molecule has 6 heteroatoms. The van der Waals surface area contributed by atoms with Crippen molar-refractivity contribution in [2.24, 2.45) is 0 Å². The zero-order valence-corrected chi connectivity index (χ0v) is 7.88. The fourth-order valence-electron chi connectivity index (χ4n) is 0.605. The first-order valence-electron chi connectivity index (χ1n) is 3.91. The molecule has 1 aromatic rings. The van der Waals surface area contributed by atoms with E-state index in [9.17, 15) is 13.2 Å². The van der Waals surface area contributed by atoms with Gasteiger partial charge in [-0.1, -0.05) is 18.2 Å². The minimum absolute atomic E-state index is 1.16. The van der Waals surface area contributed by atoms with E-state index in [1.54, 1.807) is 0 Å². The van der Waals surface area contributed by atoms with Crippen LogP contribution in [-0.4, -0.2) is 24.3 Å². The van der Waals surface area contributed by atoms with Crippen molar-refractivity contribution in [1.82, 2.24) is 0 Å². The third-order valence-electron chi connectivity index (χ3n) is 1.30. The lowest BCUT2D eigenvalue weighted by molar-refractivity contribution is -0.192. The number of alkyl halides is 3. The van der Waals surface area contributed by atoms with Gasteiger partial charge >= 0.3 is 12.1 Å². The predicted octanol–water partition coefficient (Wildman–Crippen LogP) is 2.36. The Labute approximate surface area is 84.5 Å². The van der Waals surface area contributed by atoms with Gasteiger partial charge in [0, 0.05) is 12.7 Å². The highest BCUT2D eigenvalue weighted by atomic mass is 19.4. The highest BCUT2D eigenvalue weighted by Gasteiger charge is 2.38. The summed E-state index contributed by atoms with van der Waals surface area (Å²) in [6.07, 6.45) is -5.08. The Hall–Kier alpha value is -1.72. The number of nitrogens with one attached hydrogen (secondary N) is 1. The molecule has 0 radical (unpaired) electrons. The molecule has 2 N–H and O–H groups in total. The van der Waals surface area contributed by atoms with Crippen LogP contribution in [0.4, 0.5) is 18.9 Å². The summed E-state index contributed by atoms with van der Waals surface area (Å²) in [6, 6.07) is 10.1. The number of para-hydroxylation sites is 1. The van der Waals surface area contributed by atoms with Gasteiger partial charge in [0.15, 0.2) is 0 Å². The molecule has 0 aromatic heterocycles. The quantitative estimate of drug-likeness (QED) is 0.765. The van der Waals surface area contributed by atoms with Crippen LogP contribution in [0.2, 0.25) is 0 Å². The number of carboxylic acids is 1. The molecule has 1 rings (SSSR count). The number of benzene rings is 1. The Balaban J connectivity index is 0.000000265. The molecule has 0 atom stereocenters. The van der Waals surface area contributed by atoms with Crippen molar-refractivity contribution < 1.29 is 23.1 Å². The third kappa shape index (κ3) is 6.36. The summed E-state index contributed by atoms with van der Waals surface area (Å²) in [6.45, 7) is 0. The molecule has 0 fully saturated rings. The first-order chi connectivity index (χ1) is 6.88. The first kappa shape index (κ1) is 13.3. The van der Waals surface area contributed by atoms with Crippen molar-refractivity contribution in [3.8, 4) is 0 Å². The Bertz CT molecular complexity index is 298. The molecule has 0 spiro atoms. The van der Waals surface area contributed by atoms with E-state index in [1.165, 1.54) is 0 Å². The summed E-state index contributed by atoms with van der Waals surface area (Å²) in [5.41, 5.74) is 1.16. The van der Waals surface area contributed by atoms with Crippen molar-refractivity contribution in [2.75, 3.05) is 12.4 Å². The summed E-state index contributed by atoms with van der Waals surface area (Å²) < 4.78 is 31.7. The fraction of sp³-hybridized carbons (Fsp3) is 0.222. The van der Waals surface area contributed by atoms with Crippen LogP contribution in [0.1, 0.15) is 0 Å². The maximum Gasteiger partial charge on any atom is 0.490 e. The standard InChI is InChI=1S/C7H9N.C2HF3O2/c1-8-7-5-3-2-4-6-7;3-2(4,5)1(6)7/h2-6,8H,1H3;(H,6,7). The molecule has 0 aliphatic rings. The van der Waals surface area contributed by atoms with E-state index >= 15 is 0 Å². The van der Waals surface area contributed by atoms with Gasteiger partial charge in [0.2, 0.25) is 0 Å². The average molecular weight is 221 g/mol. The molecule has 1 aromatic carbocycles. The van der Waals surface area contributed by atoms with Crippen LogP contribution in [0.5, 0.6) is 0 Å². The molecule has 0 aliphatic heterocycles. The predicted molar refractivity (Wildman–Crippen MR) is 49.7 cm³/mol. The van der Waals surface area contributed by atoms with Gasteiger partial charge in [0.25, 0.3) is 0 Å². The monoisotopic (exact) mass is 221 g/mol. The number of hydrogen-bond acceptors (Lipinski definition) is 2. The SMILES string of the molecule is CNc1ccccc1.O=C(O)C(F)(F)F. The van der Waals surface area contributed by atoms with Crippen molar-refractivity contribution in [2.45, 2.75) is 6.18 Å². The van der Waals surface area contributed by atoms with E-state index in [4.69, 9.17) is 9.90 Å². The molecular formula is C9H10F3NO2. The molecule has 0 bridgehead atoms. The van der Waals surface area contributed by atoms with Crippen LogP contribution in [0, 0.1) is 0 Å². The summed E-state index contributed by atoms with van der Waals surface area (Å²) in [5.74, 6) is -2.76. The number of hydrogen-bond donors (Lipinski definition) is 2. The van der Waals surface area contributed by atoms with Crippen LogP contribution in [0.15, 0.2) is 30.3 Å². The summed E-state index contributed by atoms with van der Waals surface area (Å²) in [7, 11) is 1.91. The second kappa shape index (κ2) is 5.90. The van der Waals surface area contributed by atoms with Crippen molar-refractivity contribution in [1.29, 1.82) is 0 Å². The number of carboxylic acid groups (broad SMARTS) is 1. The van der Waals surface area contributed by atoms with E-state index in [2.05, 4.69) is 5.32 Å². The minimum Gasteiger partial charge on any atom is -0.475 e. The number of carbonyl (C=O) groups is 1. The van der Waals surface area contributed by atoms with Crippen molar-refractivity contribution in [3.05, 3.63) is 30.3 Å². The van der Waals surface area contributed by atoms with Gasteiger partial charge in [-0.25, -0.2) is 4.79 Å². The molecule has 84 valence electrons. The zero-order valence-electron chi connectivity index (χ0n) is 7.88. The fourth-order valence-corrected chi connectivity index (χ4v) is 0.605. The van der Waals surface area contributed by atoms with Gasteiger partial charge in [-0.2, -0.15) is 13.2 Å². The van der Waals surface area contributed by atoms with E-state index < -0.39 is 12.1 Å². The Morgan fingerprint density at radius 1 is 1.27 bits per heavy atom. The van der Waals surface area contributed by atoms with Crippen molar-refractivity contribution >= 4 is 11.7 Å². The Morgan fingerprint density at radius 3 is 1.87 bits per heavy atom. The Morgan fingerprint density at radius 2 is 1.67 bits per heavy atom. The number of rotatable bonds is 1. The Kier molecular flexibility index (Phi) is 5.22. The van der Waals surface area contributed by atoms with Crippen LogP contribution < -0.4 is 5.32 Å². The lowest BCUT2D eigenvalue weighted by Crippen LogP contribution is -2.21. The first-order valence-corrected chi connectivity index (χ1v) is 3.91. The highest BCUT2D eigenvalue weighted by Crippen LogP contribution is 2.13. The summed E-state index contributed by atoms with van der Waals surface area (Å²) in [4.78, 5) is 8.90. The molecule has 0 saturated carbocycles. The van der Waals surface area contributed by atoms with Crippen LogP contribution in [0.25, 0.3) is 0 Å². The molecule has 0 saturated heterocycles. The third-order valence-corrected chi connectivity index (χ3v) is 1.30. The number of aliphatic carboxylic acids is 1. The van der Waals surface area contributed by atoms with E-state index in [0.717, 1.165) is 5.69 Å². The molecule has 0 heterocycles. The largest absolute Gasteiger partial charge is 0.490 e. The van der Waals surface area contributed by atoms with Gasteiger partial charge in [0.1, 0.15) is 0 Å². The van der Waals surface area contributed by atoms with Crippen LogP contribution in [-0.2, 0) is 4.79 Å². The maximum absolute atomic E-state index is 10.6. The van der Waals surface area contributed by atoms with Gasteiger partial charge in [-0.05, 0) is 12.1 Å². The summed E-state index contributed by atoms with van der Waals surface area (Å²) >= 11 is 0. The molecule has 0 amide bonds. The molecule has 3 nitrogen and oxygen atoms in total. The maximum atomic E-state index is 10.6. The number of anilines is 1. The van der Waals surface area contributed by atoms with E-state index in [-0.39, 0.29) is 0 Å². The lowest BCUT2D eigenvalue weighted by Gasteiger charge is -1.94. The average Bonchev–Trinajstić information content (AvgIpc) is 2.18. The molecule has 0 aliphatic carbocycles. The van der Waals surface area contributed by atoms with Crippen molar-refractivity contribution in [3.63, 3.8) is 0 Å². The van der Waals surface area contributed by atoms with E-state index in [0.29, 0.717) is 0 Å². The number of halogens is 3. The molecule has 0 unspecified atom stereocenters. The zero-order chi connectivity index (χ0) is 11.9. The van der Waals surface area contributed by atoms with Crippen LogP contribution in [0.3, 0.4) is 0 Å². The second-order valence-corrected chi connectivity index (χ2v) is 2.42. The van der Waals surface area contributed by atoms with Crippen LogP contribution >= 0.6 is 0 Å². The normalized spacial score (nSPS) is 9.87. The molecule has 15 heavy (non-hydrogen) atoms. The highest BCUT2D eigenvalue weighted by molar-refractivity contribution is 5.73. The van der Waals surface area contributed by atoms with E-state index in [1.807, 2.05) is 37.4 Å². The summed E-state index contributed by atoms with van der Waals surface area (Å²) in [5, 5.41) is 10.2. The topological polar surface area (TPSA) is 49.3 Å². The lowest BCUT2D eigenvalue weighted by atomic mass is 10.3.